The third-order valence-electron chi connectivity index (χ3n) is 2.84. The highest BCUT2D eigenvalue weighted by Crippen LogP contribution is 2.11. The van der Waals surface area contributed by atoms with E-state index in [0.29, 0.717) is 5.82 Å². The molecule has 0 spiro atoms. The van der Waals surface area contributed by atoms with Crippen LogP contribution in [0.2, 0.25) is 0 Å². The molecule has 0 radical (unpaired) electrons. The van der Waals surface area contributed by atoms with E-state index in [1.165, 1.54) is 0 Å². The van der Waals surface area contributed by atoms with Crippen LogP contribution in [0.5, 0.6) is 0 Å². The second kappa shape index (κ2) is 5.78. The van der Waals surface area contributed by atoms with Crippen LogP contribution in [0.3, 0.4) is 0 Å². The van der Waals surface area contributed by atoms with Crippen LogP contribution in [0.15, 0.2) is 36.8 Å². The third kappa shape index (κ3) is 2.61. The zero-order valence-corrected chi connectivity index (χ0v) is 11.0. The Kier molecular flexibility index (Phi) is 3.89. The number of hydrogen-bond donors (Lipinski definition) is 1. The molecule has 0 amide bonds. The van der Waals surface area contributed by atoms with Gasteiger partial charge in [-0.1, -0.05) is 12.1 Å². The fourth-order valence-corrected chi connectivity index (χ4v) is 1.89. The van der Waals surface area contributed by atoms with Crippen LogP contribution in [0.4, 0.5) is 0 Å². The summed E-state index contributed by atoms with van der Waals surface area (Å²) in [4.78, 5) is 12.1. The summed E-state index contributed by atoms with van der Waals surface area (Å²) < 4.78 is 0. The molecule has 19 heavy (non-hydrogen) atoms. The van der Waals surface area contributed by atoms with Gasteiger partial charge >= 0.3 is 5.82 Å². The molecule has 0 aliphatic carbocycles. The number of benzene rings is 1. The molecular weight excluding hydrogens is 236 g/mol. The molecule has 4 heteroatoms. The minimum Gasteiger partial charge on any atom is -0.262 e. The zero-order valence-electron chi connectivity index (χ0n) is 11.0. The summed E-state index contributed by atoms with van der Waals surface area (Å²) >= 11 is 0. The van der Waals surface area contributed by atoms with E-state index in [-0.39, 0.29) is 0 Å². The van der Waals surface area contributed by atoms with E-state index in [2.05, 4.69) is 20.1 Å². The first-order valence-electron chi connectivity index (χ1n) is 5.96. The Bertz CT molecular complexity index is 727. The summed E-state index contributed by atoms with van der Waals surface area (Å²) in [6.07, 6.45) is 7.09. The summed E-state index contributed by atoms with van der Waals surface area (Å²) in [6, 6.07) is 6.00. The minimum atomic E-state index is 0.652. The van der Waals surface area contributed by atoms with E-state index in [4.69, 9.17) is 6.57 Å². The summed E-state index contributed by atoms with van der Waals surface area (Å²) in [7, 11) is 1.79. The number of nitrogens with zero attached hydrogens (tertiary/aromatic N) is 3. The molecule has 0 atom stereocenters. The molecule has 0 saturated heterocycles. The summed E-state index contributed by atoms with van der Waals surface area (Å²) in [5.74, 6) is 0.652. The normalized spacial score (nSPS) is 12.8. The number of hydrogen-bond acceptors (Lipinski definition) is 3. The van der Waals surface area contributed by atoms with E-state index in [1.807, 2.05) is 31.2 Å². The molecule has 2 rings (SSSR count). The highest BCUT2D eigenvalue weighted by Gasteiger charge is 2.05. The lowest BCUT2D eigenvalue weighted by Gasteiger charge is -2.00. The molecule has 4 nitrogen and oxygen atoms in total. The molecular formula is C15H15N4+. The zero-order chi connectivity index (χ0) is 13.7. The summed E-state index contributed by atoms with van der Waals surface area (Å²) in [6.45, 7) is 7.35. The van der Waals surface area contributed by atoms with Crippen LogP contribution in [-0.2, 0) is 0 Å². The van der Waals surface area contributed by atoms with Gasteiger partial charge in [-0.2, -0.15) is 4.85 Å². The van der Waals surface area contributed by atoms with Crippen LogP contribution in [-0.4, -0.2) is 17.0 Å². The van der Waals surface area contributed by atoms with Crippen molar-refractivity contribution < 1.29 is 0 Å². The fraction of sp³-hybridized carbons (Fsp3) is 0.133. The van der Waals surface area contributed by atoms with Gasteiger partial charge in [-0.05, 0) is 24.3 Å². The first-order valence-corrected chi connectivity index (χ1v) is 5.96. The van der Waals surface area contributed by atoms with Gasteiger partial charge in [0.2, 0.25) is 0 Å². The molecule has 0 saturated carbocycles. The van der Waals surface area contributed by atoms with Crippen molar-refractivity contribution in [2.75, 3.05) is 7.05 Å². The summed E-state index contributed by atoms with van der Waals surface area (Å²) in [5.41, 5.74) is 1.85. The SMILES string of the molecule is C#[N+]/C(NC)=c1/ccc(-c2cnccn2)c/c1=C/C. The van der Waals surface area contributed by atoms with Gasteiger partial charge in [0, 0.05) is 18.0 Å². The highest BCUT2D eigenvalue weighted by atomic mass is 15.0. The standard InChI is InChI=1S/C15H15N4/c1-4-11-9-12(14-10-18-7-8-19-14)5-6-13(11)15(16-2)17-3/h2,4-10,17H,1,3H3/q+1/b11-4-,15-13+. The van der Waals surface area contributed by atoms with E-state index in [0.717, 1.165) is 21.7 Å². The molecule has 94 valence electrons. The van der Waals surface area contributed by atoms with E-state index < -0.39 is 0 Å². The van der Waals surface area contributed by atoms with Crippen molar-refractivity contribution in [2.24, 2.45) is 0 Å². The molecule has 0 aliphatic rings. The molecule has 0 aliphatic heterocycles. The lowest BCUT2D eigenvalue weighted by atomic mass is 10.1. The van der Waals surface area contributed by atoms with Gasteiger partial charge in [-0.3, -0.25) is 15.3 Å². The average Bonchev–Trinajstić information content (AvgIpc) is 2.49. The van der Waals surface area contributed by atoms with E-state index >= 15 is 0 Å². The second-order valence-electron chi connectivity index (χ2n) is 3.91. The lowest BCUT2D eigenvalue weighted by molar-refractivity contribution is 1.12. The Morgan fingerprint density at radius 2 is 2.21 bits per heavy atom. The molecule has 0 bridgehead atoms. The van der Waals surface area contributed by atoms with E-state index in [1.54, 1.807) is 25.6 Å². The Balaban J connectivity index is 2.69. The van der Waals surface area contributed by atoms with Gasteiger partial charge in [0.25, 0.3) is 0 Å². The monoisotopic (exact) mass is 251 g/mol. The van der Waals surface area contributed by atoms with Crippen molar-refractivity contribution in [3.63, 3.8) is 0 Å². The van der Waals surface area contributed by atoms with Gasteiger partial charge in [-0.25, -0.2) is 0 Å². The topological polar surface area (TPSA) is 42.2 Å². The fourth-order valence-electron chi connectivity index (χ4n) is 1.89. The van der Waals surface area contributed by atoms with Crippen LogP contribution < -0.4 is 15.8 Å². The highest BCUT2D eigenvalue weighted by molar-refractivity contribution is 5.60. The van der Waals surface area contributed by atoms with Crippen molar-refractivity contribution in [2.45, 2.75) is 6.92 Å². The van der Waals surface area contributed by atoms with Gasteiger partial charge in [0.05, 0.1) is 24.2 Å². The van der Waals surface area contributed by atoms with Crippen LogP contribution in [0.1, 0.15) is 6.92 Å². The first kappa shape index (κ1) is 12.8. The smallest absolute Gasteiger partial charge is 0.262 e. The Labute approximate surface area is 112 Å². The summed E-state index contributed by atoms with van der Waals surface area (Å²) in [5, 5.41) is 4.98. The minimum absolute atomic E-state index is 0.652. The lowest BCUT2D eigenvalue weighted by Crippen LogP contribution is -2.29. The number of rotatable bonds is 2. The number of nitrogens with one attached hydrogen (secondary N) is 1. The van der Waals surface area contributed by atoms with Crippen LogP contribution in [0.25, 0.3) is 28.0 Å². The van der Waals surface area contributed by atoms with E-state index in [9.17, 15) is 0 Å². The van der Waals surface area contributed by atoms with Crippen LogP contribution in [0, 0.1) is 6.57 Å². The third-order valence-corrected chi connectivity index (χ3v) is 2.84. The maximum Gasteiger partial charge on any atom is 0.385 e. The Hall–Kier alpha value is -2.67. The molecule has 0 fully saturated rings. The van der Waals surface area contributed by atoms with Crippen molar-refractivity contribution in [1.82, 2.24) is 15.3 Å². The first-order chi connectivity index (χ1) is 9.30. The van der Waals surface area contributed by atoms with Crippen molar-refractivity contribution >= 4 is 11.9 Å². The van der Waals surface area contributed by atoms with Crippen LogP contribution >= 0.6 is 0 Å². The van der Waals surface area contributed by atoms with Gasteiger partial charge in [-0.15, -0.1) is 0 Å². The number of aromatic nitrogens is 2. The molecule has 1 aromatic carbocycles. The van der Waals surface area contributed by atoms with Gasteiger partial charge < -0.3 is 0 Å². The molecule has 1 N–H and O–H groups in total. The predicted octanol–water partition coefficient (Wildman–Crippen LogP) is 1.19. The molecule has 1 heterocycles. The maximum absolute atomic E-state index is 5.38. The maximum atomic E-state index is 5.38. The van der Waals surface area contributed by atoms with Crippen molar-refractivity contribution in [3.8, 4) is 17.8 Å². The average molecular weight is 251 g/mol. The molecule has 0 unspecified atom stereocenters. The largest absolute Gasteiger partial charge is 0.385 e. The van der Waals surface area contributed by atoms with Crippen molar-refractivity contribution in [3.05, 3.63) is 52.1 Å². The second-order valence-corrected chi connectivity index (χ2v) is 3.91. The molecule has 2 aromatic rings. The van der Waals surface area contributed by atoms with Gasteiger partial charge in [0.15, 0.2) is 0 Å². The van der Waals surface area contributed by atoms with Gasteiger partial charge in [0.1, 0.15) is 6.57 Å². The predicted molar refractivity (Wildman–Crippen MR) is 77.6 cm³/mol. The Morgan fingerprint density at radius 3 is 2.79 bits per heavy atom. The quantitative estimate of drug-likeness (QED) is 0.872. The van der Waals surface area contributed by atoms with Crippen molar-refractivity contribution in [1.29, 1.82) is 0 Å². The Morgan fingerprint density at radius 1 is 1.37 bits per heavy atom. The molecule has 1 aromatic heterocycles.